The van der Waals surface area contributed by atoms with E-state index in [-0.39, 0.29) is 57.6 Å². The molecule has 166 valence electrons. The van der Waals surface area contributed by atoms with Crippen LogP contribution in [0.4, 0.5) is 5.69 Å². The smallest absolute Gasteiger partial charge is 0.338 e. The van der Waals surface area contributed by atoms with E-state index < -0.39 is 11.9 Å². The highest BCUT2D eigenvalue weighted by molar-refractivity contribution is 9.12. The number of nitrogens with one attached hydrogen (secondary N) is 1. The lowest BCUT2D eigenvalue weighted by Gasteiger charge is -2.28. The van der Waals surface area contributed by atoms with Gasteiger partial charge in [-0.15, -0.1) is 0 Å². The van der Waals surface area contributed by atoms with Crippen molar-refractivity contribution >= 4 is 61.2 Å². The molecule has 0 radical (unpaired) electrons. The zero-order chi connectivity index (χ0) is 22.4. The maximum atomic E-state index is 12.9. The maximum Gasteiger partial charge on any atom is 0.338 e. The van der Waals surface area contributed by atoms with Gasteiger partial charge in [0.1, 0.15) is 6.54 Å². The summed E-state index contributed by atoms with van der Waals surface area (Å²) in [6.07, 6.45) is 0.852. The van der Waals surface area contributed by atoms with E-state index in [1.165, 1.54) is 0 Å². The van der Waals surface area contributed by atoms with E-state index in [2.05, 4.69) is 37.2 Å². The van der Waals surface area contributed by atoms with Crippen molar-refractivity contribution in [2.24, 2.45) is 29.6 Å². The molecule has 1 aromatic rings. The molecule has 0 unspecified atom stereocenters. The molecule has 7 nitrogen and oxygen atoms in total. The van der Waals surface area contributed by atoms with Crippen LogP contribution >= 0.6 is 31.9 Å². The lowest BCUT2D eigenvalue weighted by Crippen LogP contribution is -2.39. The van der Waals surface area contributed by atoms with Crippen molar-refractivity contribution in [3.63, 3.8) is 0 Å². The van der Waals surface area contributed by atoms with Gasteiger partial charge in [0.05, 0.1) is 24.0 Å². The number of halogens is 2. The molecule has 2 aliphatic carbocycles. The third kappa shape index (κ3) is 4.06. The van der Waals surface area contributed by atoms with Gasteiger partial charge in [-0.05, 0) is 48.4 Å². The molecule has 1 heterocycles. The van der Waals surface area contributed by atoms with Crippen molar-refractivity contribution in [1.82, 2.24) is 4.90 Å². The molecular formula is C22H24Br2N2O5. The Bertz CT molecular complexity index is 887. The van der Waals surface area contributed by atoms with E-state index in [1.54, 1.807) is 24.3 Å². The molecular weight excluding hydrogens is 532 g/mol. The van der Waals surface area contributed by atoms with Crippen molar-refractivity contribution in [3.8, 4) is 0 Å². The first kappa shape index (κ1) is 22.5. The van der Waals surface area contributed by atoms with Gasteiger partial charge in [0.25, 0.3) is 0 Å². The Labute approximate surface area is 197 Å². The standard InChI is InChI=1S/C22H24Br2N2O5/c1-10(2)9-31-22(30)11-3-5-12(6-4-11)25-15(27)8-26-20(28)16-13-7-14(17(16)21(26)29)19(24)18(13)23/h3-6,10,13-14,16-19H,7-9H2,1-2H3,(H,25,27)/t13-,14-,16-,17+,18-,19+/m1/s1. The van der Waals surface area contributed by atoms with Crippen molar-refractivity contribution in [1.29, 1.82) is 0 Å². The number of imide groups is 1. The monoisotopic (exact) mass is 554 g/mol. The summed E-state index contributed by atoms with van der Waals surface area (Å²) < 4.78 is 5.18. The summed E-state index contributed by atoms with van der Waals surface area (Å²) in [5.41, 5.74) is 0.867. The Morgan fingerprint density at radius 1 is 1.06 bits per heavy atom. The predicted octanol–water partition coefficient (Wildman–Crippen LogP) is 3.22. The van der Waals surface area contributed by atoms with Gasteiger partial charge in [-0.3, -0.25) is 19.3 Å². The Kier molecular flexibility index (Phi) is 6.27. The third-order valence-electron chi connectivity index (χ3n) is 6.33. The summed E-state index contributed by atoms with van der Waals surface area (Å²) in [5, 5.41) is 2.69. The second-order valence-electron chi connectivity index (χ2n) is 8.88. The van der Waals surface area contributed by atoms with Crippen molar-refractivity contribution < 1.29 is 23.9 Å². The molecule has 0 aromatic heterocycles. The van der Waals surface area contributed by atoms with Crippen molar-refractivity contribution in [2.75, 3.05) is 18.5 Å². The fraction of sp³-hybridized carbons (Fsp3) is 0.545. The Morgan fingerprint density at radius 2 is 1.61 bits per heavy atom. The molecule has 4 rings (SSSR count). The molecule has 3 aliphatic rings. The van der Waals surface area contributed by atoms with Crippen molar-refractivity contribution in [2.45, 2.75) is 29.9 Å². The number of alkyl halides is 2. The van der Waals surface area contributed by atoms with E-state index in [4.69, 9.17) is 4.74 Å². The SMILES string of the molecule is CC(C)COC(=O)c1ccc(NC(=O)CN2C(=O)[C@@H]3[C@H]4C[C@@H]([C@H](Br)[C@@H]4Br)[C@@H]3C2=O)cc1. The maximum absolute atomic E-state index is 12.9. The van der Waals surface area contributed by atoms with Crippen LogP contribution in [0.5, 0.6) is 0 Å². The molecule has 6 atom stereocenters. The fourth-order valence-electron chi connectivity index (χ4n) is 4.93. The first-order valence-electron chi connectivity index (χ1n) is 10.4. The van der Waals surface area contributed by atoms with Gasteiger partial charge in [-0.2, -0.15) is 0 Å². The van der Waals surface area contributed by atoms with Crippen LogP contribution in [-0.2, 0) is 19.1 Å². The summed E-state index contributed by atoms with van der Waals surface area (Å²) >= 11 is 7.30. The van der Waals surface area contributed by atoms with E-state index in [9.17, 15) is 19.2 Å². The number of fused-ring (bicyclic) bond motifs is 5. The number of nitrogens with zero attached hydrogens (tertiary/aromatic N) is 1. The third-order valence-corrected chi connectivity index (χ3v) is 9.54. The van der Waals surface area contributed by atoms with E-state index in [0.717, 1.165) is 11.3 Å². The summed E-state index contributed by atoms with van der Waals surface area (Å²) in [6.45, 7) is 3.94. The quantitative estimate of drug-likeness (QED) is 0.330. The molecule has 9 heteroatoms. The van der Waals surface area contributed by atoms with E-state index in [1.807, 2.05) is 13.8 Å². The number of rotatable bonds is 6. The van der Waals surface area contributed by atoms with Gasteiger partial charge in [0.2, 0.25) is 17.7 Å². The number of hydrogen-bond acceptors (Lipinski definition) is 5. The molecule has 3 amide bonds. The second kappa shape index (κ2) is 8.65. The summed E-state index contributed by atoms with van der Waals surface area (Å²) in [5.74, 6) is -1.55. The zero-order valence-electron chi connectivity index (χ0n) is 17.2. The number of likely N-dealkylation sites (tertiary alicyclic amines) is 1. The topological polar surface area (TPSA) is 92.8 Å². The molecule has 1 aliphatic heterocycles. The Morgan fingerprint density at radius 3 is 2.13 bits per heavy atom. The highest BCUT2D eigenvalue weighted by atomic mass is 79.9. The zero-order valence-corrected chi connectivity index (χ0v) is 20.4. The molecule has 1 aromatic carbocycles. The largest absolute Gasteiger partial charge is 0.462 e. The van der Waals surface area contributed by atoms with Crippen molar-refractivity contribution in [3.05, 3.63) is 29.8 Å². The fourth-order valence-corrected chi connectivity index (χ4v) is 6.80. The van der Waals surface area contributed by atoms with Gasteiger partial charge in [-0.25, -0.2) is 4.79 Å². The van der Waals surface area contributed by atoms with Crippen LogP contribution in [0.2, 0.25) is 0 Å². The molecule has 1 N–H and O–H groups in total. The van der Waals surface area contributed by atoms with Crippen LogP contribution in [0.1, 0.15) is 30.6 Å². The molecule has 2 saturated carbocycles. The van der Waals surface area contributed by atoms with Crippen LogP contribution < -0.4 is 5.32 Å². The first-order chi connectivity index (χ1) is 14.7. The first-order valence-corrected chi connectivity index (χ1v) is 12.2. The van der Waals surface area contributed by atoms with Crippen LogP contribution in [0.3, 0.4) is 0 Å². The molecule has 1 saturated heterocycles. The molecule has 31 heavy (non-hydrogen) atoms. The molecule has 0 spiro atoms. The normalized spacial score (nSPS) is 31.3. The van der Waals surface area contributed by atoms with Crippen LogP contribution in [-0.4, -0.2) is 51.4 Å². The number of benzene rings is 1. The van der Waals surface area contributed by atoms with Gasteiger partial charge < -0.3 is 10.1 Å². The number of carbonyl (C=O) groups is 4. The lowest BCUT2D eigenvalue weighted by molar-refractivity contribution is -0.143. The summed E-state index contributed by atoms with van der Waals surface area (Å²) in [7, 11) is 0. The highest BCUT2D eigenvalue weighted by Gasteiger charge is 2.66. The van der Waals surface area contributed by atoms with Gasteiger partial charge >= 0.3 is 5.97 Å². The second-order valence-corrected chi connectivity index (χ2v) is 11.0. The number of carbonyl (C=O) groups excluding carboxylic acids is 4. The minimum Gasteiger partial charge on any atom is -0.462 e. The average Bonchev–Trinajstić information content (AvgIpc) is 3.33. The van der Waals surface area contributed by atoms with Gasteiger partial charge in [0, 0.05) is 15.3 Å². The number of anilines is 1. The van der Waals surface area contributed by atoms with Crippen LogP contribution in [0, 0.1) is 29.6 Å². The highest BCUT2D eigenvalue weighted by Crippen LogP contribution is 2.60. The predicted molar refractivity (Wildman–Crippen MR) is 121 cm³/mol. The molecule has 3 fully saturated rings. The van der Waals surface area contributed by atoms with Gasteiger partial charge in [-0.1, -0.05) is 45.7 Å². The number of ether oxygens (including phenoxy) is 1. The van der Waals surface area contributed by atoms with Crippen LogP contribution in [0.15, 0.2) is 24.3 Å². The van der Waals surface area contributed by atoms with Crippen LogP contribution in [0.25, 0.3) is 0 Å². The lowest BCUT2D eigenvalue weighted by atomic mass is 9.81. The summed E-state index contributed by atoms with van der Waals surface area (Å²) in [6, 6.07) is 6.33. The van der Waals surface area contributed by atoms with Gasteiger partial charge in [0.15, 0.2) is 0 Å². The Balaban J connectivity index is 1.36. The van der Waals surface area contributed by atoms with E-state index in [0.29, 0.717) is 17.9 Å². The number of hydrogen-bond donors (Lipinski definition) is 1. The Hall–Kier alpha value is -1.74. The minimum absolute atomic E-state index is 0.117. The van der Waals surface area contributed by atoms with E-state index >= 15 is 0 Å². The average molecular weight is 556 g/mol. The number of esters is 1. The molecule has 2 bridgehead atoms. The summed E-state index contributed by atoms with van der Waals surface area (Å²) in [4.78, 5) is 51.7. The number of amides is 3. The minimum atomic E-state index is -0.449.